The first kappa shape index (κ1) is 24.5. The number of nitrogens with one attached hydrogen (secondary N) is 1. The van der Waals surface area contributed by atoms with Crippen LogP contribution in [-0.2, 0) is 0 Å². The number of likely N-dealkylation sites (N-methyl/N-ethyl adjacent to an activating group) is 1. The number of aromatic nitrogens is 2. The number of hydrogen-bond donors (Lipinski definition) is 1. The molecule has 1 amide bonds. The number of carbonyl (C=O) groups excluding carboxylic acids is 1. The predicted molar refractivity (Wildman–Crippen MR) is 145 cm³/mol. The van der Waals surface area contributed by atoms with Gasteiger partial charge in [0, 0.05) is 43.0 Å². The van der Waals surface area contributed by atoms with E-state index in [2.05, 4.69) is 64.4 Å². The molecule has 0 bridgehead atoms. The number of rotatable bonds is 6. The summed E-state index contributed by atoms with van der Waals surface area (Å²) in [5, 5.41) is 11.0. The van der Waals surface area contributed by atoms with Gasteiger partial charge in [-0.25, -0.2) is 0 Å². The summed E-state index contributed by atoms with van der Waals surface area (Å²) < 4.78 is 11.2. The van der Waals surface area contributed by atoms with Gasteiger partial charge in [0.05, 0.1) is 12.8 Å². The van der Waals surface area contributed by atoms with Gasteiger partial charge in [-0.15, -0.1) is 10.2 Å². The average Bonchev–Trinajstić information content (AvgIpc) is 3.45. The Morgan fingerprint density at radius 2 is 1.76 bits per heavy atom. The van der Waals surface area contributed by atoms with E-state index in [1.54, 1.807) is 7.11 Å². The number of aryl methyl sites for hydroxylation is 2. The maximum atomic E-state index is 13.4. The van der Waals surface area contributed by atoms with Gasteiger partial charge in [0.1, 0.15) is 5.75 Å². The van der Waals surface area contributed by atoms with Crippen LogP contribution >= 0.6 is 0 Å². The van der Waals surface area contributed by atoms with Crippen LogP contribution in [0.1, 0.15) is 21.5 Å². The summed E-state index contributed by atoms with van der Waals surface area (Å²) in [5.74, 6) is 0.939. The molecular formula is C29H31N5O3. The fourth-order valence-corrected chi connectivity index (χ4v) is 4.68. The van der Waals surface area contributed by atoms with E-state index in [4.69, 9.17) is 9.15 Å². The topological polar surface area (TPSA) is 83.7 Å². The first-order chi connectivity index (χ1) is 17.9. The smallest absolute Gasteiger partial charge is 0.255 e. The first-order valence-electron chi connectivity index (χ1n) is 12.3. The van der Waals surface area contributed by atoms with Crippen molar-refractivity contribution in [3.8, 4) is 28.3 Å². The Bertz CT molecular complexity index is 1410. The highest BCUT2D eigenvalue weighted by atomic mass is 16.5. The second-order valence-corrected chi connectivity index (χ2v) is 9.45. The highest BCUT2D eigenvalue weighted by molar-refractivity contribution is 6.06. The van der Waals surface area contributed by atoms with Crippen molar-refractivity contribution in [3.63, 3.8) is 0 Å². The Kier molecular flexibility index (Phi) is 6.92. The lowest BCUT2D eigenvalue weighted by Gasteiger charge is -2.35. The molecule has 37 heavy (non-hydrogen) atoms. The summed E-state index contributed by atoms with van der Waals surface area (Å²) in [5.41, 5.74) is 7.16. The molecule has 8 nitrogen and oxygen atoms in total. The molecule has 4 aromatic rings. The van der Waals surface area contributed by atoms with E-state index < -0.39 is 0 Å². The van der Waals surface area contributed by atoms with Crippen molar-refractivity contribution in [1.29, 1.82) is 0 Å². The van der Waals surface area contributed by atoms with Gasteiger partial charge < -0.3 is 24.3 Å². The van der Waals surface area contributed by atoms with Crippen LogP contribution in [0.4, 0.5) is 11.4 Å². The third kappa shape index (κ3) is 5.20. The molecule has 0 spiro atoms. The molecule has 0 radical (unpaired) electrons. The largest absolute Gasteiger partial charge is 0.495 e. The molecule has 190 valence electrons. The minimum Gasteiger partial charge on any atom is -0.495 e. The van der Waals surface area contributed by atoms with E-state index in [9.17, 15) is 4.79 Å². The monoisotopic (exact) mass is 497 g/mol. The minimum absolute atomic E-state index is 0.220. The number of hydrogen-bond acceptors (Lipinski definition) is 7. The van der Waals surface area contributed by atoms with Gasteiger partial charge in [-0.05, 0) is 67.9 Å². The van der Waals surface area contributed by atoms with Gasteiger partial charge in [0.25, 0.3) is 5.91 Å². The molecule has 5 rings (SSSR count). The molecule has 0 atom stereocenters. The number of piperazine rings is 1. The molecule has 1 aromatic heterocycles. The molecule has 1 aliphatic rings. The number of carbonyl (C=O) groups is 1. The van der Waals surface area contributed by atoms with Crippen molar-refractivity contribution >= 4 is 17.3 Å². The number of benzene rings is 3. The molecule has 0 aliphatic carbocycles. The zero-order valence-electron chi connectivity index (χ0n) is 21.6. The van der Waals surface area contributed by atoms with Crippen LogP contribution in [0.15, 0.2) is 65.4 Å². The molecule has 2 heterocycles. The zero-order chi connectivity index (χ0) is 25.9. The molecule has 0 unspecified atom stereocenters. The van der Waals surface area contributed by atoms with Gasteiger partial charge in [0.2, 0.25) is 12.3 Å². The van der Waals surface area contributed by atoms with E-state index in [1.807, 2.05) is 36.4 Å². The lowest BCUT2D eigenvalue weighted by Crippen LogP contribution is -2.44. The molecule has 8 heteroatoms. The maximum Gasteiger partial charge on any atom is 0.255 e. The summed E-state index contributed by atoms with van der Waals surface area (Å²) in [4.78, 5) is 18.0. The van der Waals surface area contributed by atoms with E-state index in [-0.39, 0.29) is 5.91 Å². The maximum absolute atomic E-state index is 13.4. The number of nitrogens with zero attached hydrogens (tertiary/aromatic N) is 4. The van der Waals surface area contributed by atoms with Crippen LogP contribution in [-0.4, -0.2) is 61.3 Å². The van der Waals surface area contributed by atoms with Gasteiger partial charge in [-0.2, -0.15) is 0 Å². The first-order valence-corrected chi connectivity index (χ1v) is 12.3. The Labute approximate surface area is 216 Å². The van der Waals surface area contributed by atoms with Crippen molar-refractivity contribution in [2.24, 2.45) is 0 Å². The fraction of sp³-hybridized carbons (Fsp3) is 0.276. The van der Waals surface area contributed by atoms with E-state index >= 15 is 0 Å². The summed E-state index contributed by atoms with van der Waals surface area (Å²) in [6.45, 7) is 7.88. The molecule has 1 aliphatic heterocycles. The molecule has 3 aromatic carbocycles. The SMILES string of the molecule is COc1ccc(NC(=O)c2ccc(-c3cc(C)ccc3C)c(-c3nnco3)c2)cc1N1CCN(C)CC1. The fourth-order valence-electron chi connectivity index (χ4n) is 4.68. The number of ether oxygens (including phenoxy) is 1. The Morgan fingerprint density at radius 1 is 0.946 bits per heavy atom. The Hall–Kier alpha value is -4.17. The van der Waals surface area contributed by atoms with Crippen LogP contribution in [0, 0.1) is 13.8 Å². The van der Waals surface area contributed by atoms with E-state index in [0.717, 1.165) is 59.9 Å². The van der Waals surface area contributed by atoms with Crippen LogP contribution in [0.3, 0.4) is 0 Å². The minimum atomic E-state index is -0.220. The summed E-state index contributed by atoms with van der Waals surface area (Å²) in [7, 11) is 3.79. The second-order valence-electron chi connectivity index (χ2n) is 9.45. The summed E-state index contributed by atoms with van der Waals surface area (Å²) >= 11 is 0. The van der Waals surface area contributed by atoms with Gasteiger partial charge >= 0.3 is 0 Å². The number of anilines is 2. The Morgan fingerprint density at radius 3 is 2.49 bits per heavy atom. The van der Waals surface area contributed by atoms with E-state index in [0.29, 0.717) is 22.7 Å². The number of amides is 1. The molecule has 1 fully saturated rings. The molecule has 0 saturated carbocycles. The zero-order valence-corrected chi connectivity index (χ0v) is 21.6. The van der Waals surface area contributed by atoms with Crippen LogP contribution in [0.2, 0.25) is 0 Å². The highest BCUT2D eigenvalue weighted by Gasteiger charge is 2.20. The van der Waals surface area contributed by atoms with E-state index in [1.165, 1.54) is 6.39 Å². The quantitative estimate of drug-likeness (QED) is 0.400. The Balaban J connectivity index is 1.46. The van der Waals surface area contributed by atoms with Crippen LogP contribution in [0.25, 0.3) is 22.6 Å². The van der Waals surface area contributed by atoms with Crippen LogP contribution < -0.4 is 15.0 Å². The summed E-state index contributed by atoms with van der Waals surface area (Å²) in [6.07, 6.45) is 1.30. The predicted octanol–water partition coefficient (Wildman–Crippen LogP) is 5.03. The average molecular weight is 498 g/mol. The van der Waals surface area contributed by atoms with Crippen molar-refractivity contribution in [1.82, 2.24) is 15.1 Å². The lowest BCUT2D eigenvalue weighted by atomic mass is 9.93. The number of methoxy groups -OCH3 is 1. The second kappa shape index (κ2) is 10.4. The third-order valence-electron chi connectivity index (χ3n) is 6.84. The highest BCUT2D eigenvalue weighted by Crippen LogP contribution is 2.35. The van der Waals surface area contributed by atoms with Crippen molar-refractivity contribution in [2.75, 3.05) is 50.6 Å². The lowest BCUT2D eigenvalue weighted by molar-refractivity contribution is 0.102. The summed E-state index contributed by atoms with van der Waals surface area (Å²) in [6, 6.07) is 17.6. The normalized spacial score (nSPS) is 14.0. The molecular weight excluding hydrogens is 466 g/mol. The van der Waals surface area contributed by atoms with Crippen molar-refractivity contribution in [2.45, 2.75) is 13.8 Å². The standard InChI is InChI=1S/C29H31N5O3/c1-19-5-6-20(2)24(15-19)23-9-7-21(16-25(23)29-32-30-18-37-29)28(35)31-22-8-10-27(36-4)26(17-22)34-13-11-33(3)12-14-34/h5-10,15-18H,11-14H2,1-4H3,(H,31,35). The van der Waals surface area contributed by atoms with Gasteiger partial charge in [0.15, 0.2) is 0 Å². The van der Waals surface area contributed by atoms with Gasteiger partial charge in [-0.1, -0.05) is 29.8 Å². The molecule has 1 saturated heterocycles. The van der Waals surface area contributed by atoms with Gasteiger partial charge in [-0.3, -0.25) is 4.79 Å². The third-order valence-corrected chi connectivity index (χ3v) is 6.84. The van der Waals surface area contributed by atoms with Crippen LogP contribution in [0.5, 0.6) is 5.75 Å². The molecule has 1 N–H and O–H groups in total. The van der Waals surface area contributed by atoms with Crippen molar-refractivity contribution < 1.29 is 13.9 Å². The van der Waals surface area contributed by atoms with Crippen molar-refractivity contribution in [3.05, 3.63) is 77.7 Å².